The van der Waals surface area contributed by atoms with Gasteiger partial charge in [-0.2, -0.15) is 0 Å². The number of carbonyl (C=O) groups is 1. The van der Waals surface area contributed by atoms with Gasteiger partial charge in [-0.3, -0.25) is 4.98 Å². The third-order valence-corrected chi connectivity index (χ3v) is 6.05. The van der Waals surface area contributed by atoms with E-state index in [0.717, 1.165) is 28.3 Å². The lowest BCUT2D eigenvalue weighted by atomic mass is 9.97. The highest BCUT2D eigenvalue weighted by Crippen LogP contribution is 2.41. The van der Waals surface area contributed by atoms with Crippen LogP contribution in [0.1, 0.15) is 45.1 Å². The highest BCUT2D eigenvalue weighted by Gasteiger charge is 2.41. The van der Waals surface area contributed by atoms with Crippen LogP contribution in [0.15, 0.2) is 54.7 Å². The maximum atomic E-state index is 11.2. The Kier molecular flexibility index (Phi) is 5.75. The van der Waals surface area contributed by atoms with E-state index in [1.807, 2.05) is 49.1 Å². The van der Waals surface area contributed by atoms with E-state index in [0.29, 0.717) is 11.7 Å². The van der Waals surface area contributed by atoms with Gasteiger partial charge < -0.3 is 25.0 Å². The summed E-state index contributed by atoms with van der Waals surface area (Å²) in [6, 6.07) is 14.5. The number of nitrogens with zero attached hydrogens (tertiary/aromatic N) is 3. The van der Waals surface area contributed by atoms with Gasteiger partial charge in [0, 0.05) is 29.8 Å². The van der Waals surface area contributed by atoms with Gasteiger partial charge in [0.25, 0.3) is 0 Å². The lowest BCUT2D eigenvalue weighted by Crippen LogP contribution is -2.32. The smallest absolute Gasteiger partial charge is 0.335 e. The molecule has 0 aliphatic carbocycles. The summed E-state index contributed by atoms with van der Waals surface area (Å²) in [4.78, 5) is 17.7. The van der Waals surface area contributed by atoms with Gasteiger partial charge in [0.1, 0.15) is 0 Å². The van der Waals surface area contributed by atoms with Crippen LogP contribution in [0.5, 0.6) is 0 Å². The molecule has 0 amide bonds. The van der Waals surface area contributed by atoms with Crippen LogP contribution in [0.3, 0.4) is 0 Å². The Hall–Kier alpha value is -3.23. The average molecular weight is 437 g/mol. The van der Waals surface area contributed by atoms with E-state index >= 15 is 0 Å². The number of carboxylic acids is 1. The summed E-state index contributed by atoms with van der Waals surface area (Å²) in [6.07, 6.45) is 1.76. The number of aromatic carboxylic acids is 1. The van der Waals surface area contributed by atoms with E-state index in [1.54, 1.807) is 18.3 Å². The van der Waals surface area contributed by atoms with Crippen molar-refractivity contribution in [2.75, 3.05) is 13.2 Å². The number of aliphatic hydroxyl groups is 1. The molecule has 0 radical (unpaired) electrons. The molecule has 0 saturated carbocycles. The SMILES string of the molecule is Cc1cc([C@@H]2[C@H](c3ccccn3)NC(=S)N2CCO)c(C)n1-c1ccc(C(=O)O)cc1. The second kappa shape index (κ2) is 8.49. The molecule has 0 spiro atoms. The van der Waals surface area contributed by atoms with Crippen LogP contribution in [0.2, 0.25) is 0 Å². The number of nitrogens with one attached hydrogen (secondary N) is 1. The van der Waals surface area contributed by atoms with Gasteiger partial charge in [-0.1, -0.05) is 6.07 Å². The number of thiocarbonyl (C=S) groups is 1. The summed E-state index contributed by atoms with van der Waals surface area (Å²) in [6.45, 7) is 4.47. The van der Waals surface area contributed by atoms with E-state index in [2.05, 4.69) is 20.9 Å². The second-order valence-electron chi connectivity index (χ2n) is 7.56. The lowest BCUT2D eigenvalue weighted by Gasteiger charge is -2.27. The van der Waals surface area contributed by atoms with Crippen LogP contribution < -0.4 is 5.32 Å². The zero-order chi connectivity index (χ0) is 22.1. The van der Waals surface area contributed by atoms with Crippen molar-refractivity contribution < 1.29 is 15.0 Å². The Bertz CT molecular complexity index is 1110. The van der Waals surface area contributed by atoms with E-state index < -0.39 is 5.97 Å². The van der Waals surface area contributed by atoms with Crippen molar-refractivity contribution in [3.8, 4) is 5.69 Å². The second-order valence-corrected chi connectivity index (χ2v) is 7.94. The highest BCUT2D eigenvalue weighted by atomic mass is 32.1. The quantitative estimate of drug-likeness (QED) is 0.512. The van der Waals surface area contributed by atoms with Crippen molar-refractivity contribution in [1.29, 1.82) is 0 Å². The normalized spacial score (nSPS) is 18.3. The van der Waals surface area contributed by atoms with Crippen molar-refractivity contribution in [1.82, 2.24) is 19.8 Å². The van der Waals surface area contributed by atoms with E-state index in [9.17, 15) is 15.0 Å². The number of β-amino-alcohol motifs (C(OH)–C–C–N with tert-alkyl or cyclic N) is 1. The molecule has 8 heteroatoms. The molecular weight excluding hydrogens is 412 g/mol. The zero-order valence-electron chi connectivity index (χ0n) is 17.3. The summed E-state index contributed by atoms with van der Waals surface area (Å²) in [5.74, 6) is -0.948. The van der Waals surface area contributed by atoms with Crippen LogP contribution in [-0.4, -0.2) is 48.9 Å². The topological polar surface area (TPSA) is 90.6 Å². The Morgan fingerprint density at radius 2 is 1.94 bits per heavy atom. The minimum absolute atomic E-state index is 0.0113. The number of aryl methyl sites for hydroxylation is 1. The molecule has 1 saturated heterocycles. The lowest BCUT2D eigenvalue weighted by molar-refractivity contribution is 0.0697. The minimum Gasteiger partial charge on any atom is -0.478 e. The predicted molar refractivity (Wildman–Crippen MR) is 121 cm³/mol. The Morgan fingerprint density at radius 1 is 1.19 bits per heavy atom. The van der Waals surface area contributed by atoms with Crippen LogP contribution in [-0.2, 0) is 0 Å². The minimum atomic E-state index is -0.948. The number of rotatable bonds is 6. The molecule has 2 aromatic heterocycles. The van der Waals surface area contributed by atoms with Crippen molar-refractivity contribution in [3.63, 3.8) is 0 Å². The fourth-order valence-electron chi connectivity index (χ4n) is 4.33. The molecule has 1 aliphatic rings. The molecule has 160 valence electrons. The first-order chi connectivity index (χ1) is 14.9. The highest BCUT2D eigenvalue weighted by molar-refractivity contribution is 7.80. The number of aliphatic hydroxyl groups excluding tert-OH is 1. The largest absolute Gasteiger partial charge is 0.478 e. The Morgan fingerprint density at radius 3 is 2.55 bits per heavy atom. The van der Waals surface area contributed by atoms with E-state index in [-0.39, 0.29) is 24.3 Å². The summed E-state index contributed by atoms with van der Waals surface area (Å²) >= 11 is 5.59. The molecule has 1 fully saturated rings. The summed E-state index contributed by atoms with van der Waals surface area (Å²) < 4.78 is 2.11. The molecule has 1 aromatic carbocycles. The summed E-state index contributed by atoms with van der Waals surface area (Å²) in [5.41, 5.74) is 5.16. The molecule has 7 nitrogen and oxygen atoms in total. The van der Waals surface area contributed by atoms with Crippen molar-refractivity contribution >= 4 is 23.3 Å². The van der Waals surface area contributed by atoms with Gasteiger partial charge in [-0.25, -0.2) is 4.79 Å². The number of hydrogen-bond acceptors (Lipinski definition) is 4. The number of hydrogen-bond donors (Lipinski definition) is 3. The van der Waals surface area contributed by atoms with E-state index in [4.69, 9.17) is 12.2 Å². The molecule has 0 bridgehead atoms. The van der Waals surface area contributed by atoms with Gasteiger partial charge in [0.2, 0.25) is 0 Å². The van der Waals surface area contributed by atoms with Crippen molar-refractivity contribution in [2.45, 2.75) is 25.9 Å². The van der Waals surface area contributed by atoms with Crippen LogP contribution in [0, 0.1) is 13.8 Å². The number of aromatic nitrogens is 2. The van der Waals surface area contributed by atoms with Crippen LogP contribution in [0.25, 0.3) is 5.69 Å². The Labute approximate surface area is 186 Å². The zero-order valence-corrected chi connectivity index (χ0v) is 18.1. The number of benzene rings is 1. The third-order valence-electron chi connectivity index (χ3n) is 5.70. The maximum Gasteiger partial charge on any atom is 0.335 e. The van der Waals surface area contributed by atoms with Crippen LogP contribution >= 0.6 is 12.2 Å². The first-order valence-electron chi connectivity index (χ1n) is 10.0. The average Bonchev–Trinajstić information content (AvgIpc) is 3.24. The number of carboxylic acid groups (broad SMARTS) is 1. The Balaban J connectivity index is 1.80. The van der Waals surface area contributed by atoms with Gasteiger partial charge >= 0.3 is 5.97 Å². The van der Waals surface area contributed by atoms with Gasteiger partial charge in [0.05, 0.1) is 29.9 Å². The van der Waals surface area contributed by atoms with Gasteiger partial charge in [-0.15, -0.1) is 0 Å². The standard InChI is InChI=1S/C23H24N4O3S/c1-14-13-18(15(2)27(14)17-8-6-16(7-9-17)22(29)30)21-20(19-5-3-4-10-24-19)25-23(31)26(21)11-12-28/h3-10,13,20-21,28H,11-12H2,1-2H3,(H,25,31)(H,29,30)/t20-,21+/m0/s1. The summed E-state index contributed by atoms with van der Waals surface area (Å²) in [7, 11) is 0. The monoisotopic (exact) mass is 436 g/mol. The summed E-state index contributed by atoms with van der Waals surface area (Å²) in [5, 5.41) is 22.8. The van der Waals surface area contributed by atoms with Crippen LogP contribution in [0.4, 0.5) is 0 Å². The third kappa shape index (κ3) is 3.80. The van der Waals surface area contributed by atoms with Crippen molar-refractivity contribution in [2.24, 2.45) is 0 Å². The molecule has 0 unspecified atom stereocenters. The molecule has 3 aromatic rings. The predicted octanol–water partition coefficient (Wildman–Crippen LogP) is 3.15. The fraction of sp³-hybridized carbons (Fsp3) is 0.261. The molecule has 1 aliphatic heterocycles. The molecular formula is C23H24N4O3S. The molecule has 2 atom stereocenters. The van der Waals surface area contributed by atoms with Crippen molar-refractivity contribution in [3.05, 3.63) is 82.9 Å². The van der Waals surface area contributed by atoms with Gasteiger partial charge in [0.15, 0.2) is 5.11 Å². The molecule has 3 heterocycles. The molecule has 31 heavy (non-hydrogen) atoms. The maximum absolute atomic E-state index is 11.2. The fourth-order valence-corrected chi connectivity index (χ4v) is 4.66. The van der Waals surface area contributed by atoms with Gasteiger partial charge in [-0.05, 0) is 74.1 Å². The molecule has 4 rings (SSSR count). The molecule has 3 N–H and O–H groups in total. The van der Waals surface area contributed by atoms with E-state index in [1.165, 1.54) is 0 Å². The number of pyridine rings is 1. The first-order valence-corrected chi connectivity index (χ1v) is 10.4. The first kappa shape index (κ1) is 21.0.